The quantitative estimate of drug-likeness (QED) is 0.0153. The lowest BCUT2D eigenvalue weighted by molar-refractivity contribution is -0.122. The van der Waals surface area contributed by atoms with Crippen LogP contribution < -0.4 is 36.9 Å². The number of hydrogen-bond acceptors (Lipinski definition) is 14. The molecule has 19 rings (SSSR count). The summed E-state index contributed by atoms with van der Waals surface area (Å²) in [5.74, 6) is 1.60. The van der Waals surface area contributed by atoms with E-state index in [1.165, 1.54) is 76.2 Å². The van der Waals surface area contributed by atoms with Crippen LogP contribution in [0.2, 0.25) is 0 Å². The number of nitrogens with one attached hydrogen (secondary N) is 3. The second kappa shape index (κ2) is 44.5. The van der Waals surface area contributed by atoms with Gasteiger partial charge in [-0.25, -0.2) is 9.59 Å². The third-order valence-electron chi connectivity index (χ3n) is 25.8. The molecule has 0 aliphatic heterocycles. The first-order chi connectivity index (χ1) is 64.4. The highest BCUT2D eigenvalue weighted by atomic mass is 16.5. The van der Waals surface area contributed by atoms with E-state index in [-0.39, 0.29) is 29.7 Å². The summed E-state index contributed by atoms with van der Waals surface area (Å²) in [7, 11) is 0. The molecule has 8 aromatic carbocycles. The van der Waals surface area contributed by atoms with Gasteiger partial charge < -0.3 is 46.0 Å². The highest BCUT2D eigenvalue weighted by Gasteiger charge is 2.49. The van der Waals surface area contributed by atoms with Gasteiger partial charge in [0.1, 0.15) is 23.1 Å². The first kappa shape index (κ1) is 95.4. The third kappa shape index (κ3) is 23.1. The smallest absolute Gasteiger partial charge is 0.345 e. The van der Waals surface area contributed by atoms with E-state index in [4.69, 9.17) is 26.0 Å². The van der Waals surface area contributed by atoms with Gasteiger partial charge in [-0.2, -0.15) is 15.3 Å². The van der Waals surface area contributed by atoms with Crippen LogP contribution in [0.4, 0.5) is 0 Å². The minimum atomic E-state index is -0.760. The average molecular weight is 1790 g/mol. The van der Waals surface area contributed by atoms with Gasteiger partial charge in [0.05, 0.1) is 34.2 Å². The summed E-state index contributed by atoms with van der Waals surface area (Å²) in [6, 6.07) is 65.4. The van der Waals surface area contributed by atoms with Crippen LogP contribution in [0.3, 0.4) is 0 Å². The molecule has 4 bridgehead atoms. The fraction of sp³-hybridized carbons (Fsp3) is 0.376. The number of aryl methyl sites for hydroxylation is 5. The summed E-state index contributed by atoms with van der Waals surface area (Å²) in [6.07, 6.45) is 27.6. The average Bonchev–Trinajstić information content (AvgIpc) is 1.71. The van der Waals surface area contributed by atoms with Crippen LogP contribution in [0.1, 0.15) is 235 Å². The van der Waals surface area contributed by atoms with Gasteiger partial charge in [0.25, 0.3) is 17.7 Å². The summed E-state index contributed by atoms with van der Waals surface area (Å²) in [5.41, 5.74) is 21.5. The summed E-state index contributed by atoms with van der Waals surface area (Å²) in [6.45, 7) is 24.1. The maximum absolute atomic E-state index is 13.2. The largest absolute Gasteiger partial charge is 0.421 e. The van der Waals surface area contributed by atoms with Crippen LogP contribution in [0, 0.1) is 41.9 Å². The number of primary amides is 2. The van der Waals surface area contributed by atoms with Crippen molar-refractivity contribution in [3.8, 4) is 11.5 Å². The Labute approximate surface area is 778 Å². The lowest BCUT2D eigenvalue weighted by Gasteiger charge is -2.54. The van der Waals surface area contributed by atoms with Gasteiger partial charge in [-0.05, 0) is 160 Å². The molecule has 2 unspecified atom stereocenters. The number of aromatic nitrogens is 10. The van der Waals surface area contributed by atoms with Crippen LogP contribution in [0.15, 0.2) is 231 Å². The van der Waals surface area contributed by atoms with Gasteiger partial charge in [0.15, 0.2) is 28.6 Å². The lowest BCUT2D eigenvalue weighted by atomic mass is 9.54. The Kier molecular flexibility index (Phi) is 31.9. The van der Waals surface area contributed by atoms with Crippen molar-refractivity contribution in [3.05, 3.63) is 270 Å². The molecular weight excluding hydrogens is 1660 g/mol. The Hall–Kier alpha value is -13.6. The van der Waals surface area contributed by atoms with Crippen LogP contribution in [-0.4, -0.2) is 108 Å². The Balaban J connectivity index is 0.000000134. The van der Waals surface area contributed by atoms with Gasteiger partial charge in [0, 0.05) is 106 Å². The molecule has 24 nitrogen and oxygen atoms in total. The molecule has 4 saturated carbocycles. The van der Waals surface area contributed by atoms with E-state index >= 15 is 0 Å². The second-order valence-electron chi connectivity index (χ2n) is 37.2. The second-order valence-corrected chi connectivity index (χ2v) is 37.2. The molecule has 4 aliphatic carbocycles. The summed E-state index contributed by atoms with van der Waals surface area (Å²) >= 11 is 0. The zero-order valence-electron chi connectivity index (χ0n) is 78.4. The van der Waals surface area contributed by atoms with Gasteiger partial charge in [-0.3, -0.25) is 48.0 Å². The third-order valence-corrected chi connectivity index (χ3v) is 25.8. The van der Waals surface area contributed by atoms with Crippen molar-refractivity contribution < 1.29 is 43.0 Å². The molecule has 133 heavy (non-hydrogen) atoms. The zero-order valence-corrected chi connectivity index (χ0v) is 78.4. The summed E-state index contributed by atoms with van der Waals surface area (Å²) in [5, 5.41) is 29.0. The predicted octanol–water partition coefficient (Wildman–Crippen LogP) is 21.5. The first-order valence-corrected chi connectivity index (χ1v) is 47.6. The Bertz CT molecular complexity index is 6370. The normalized spacial score (nSPS) is 15.9. The topological polar surface area (TPSA) is 315 Å². The first-order valence-electron chi connectivity index (χ1n) is 47.6. The number of rotatable bonds is 31. The van der Waals surface area contributed by atoms with E-state index in [1.807, 2.05) is 232 Å². The van der Waals surface area contributed by atoms with Crippen molar-refractivity contribution in [2.24, 2.45) is 46.5 Å². The van der Waals surface area contributed by atoms with Crippen LogP contribution in [0.5, 0.6) is 11.5 Å². The number of nitrogens with two attached hydrogens (primary N) is 2. The van der Waals surface area contributed by atoms with Crippen molar-refractivity contribution in [3.63, 3.8) is 0 Å². The molecule has 0 saturated heterocycles. The zero-order chi connectivity index (χ0) is 93.8. The monoisotopic (exact) mass is 1790 g/mol. The van der Waals surface area contributed by atoms with Crippen molar-refractivity contribution in [2.75, 3.05) is 0 Å². The number of carbonyl (C=O) groups excluding carboxylic acids is 7. The van der Waals surface area contributed by atoms with Crippen molar-refractivity contribution in [2.45, 2.75) is 229 Å². The van der Waals surface area contributed by atoms with Gasteiger partial charge in [-0.15, -0.1) is 0 Å². The van der Waals surface area contributed by atoms with Crippen molar-refractivity contribution in [1.29, 1.82) is 0 Å². The highest BCUT2D eigenvalue weighted by Crippen LogP contribution is 2.54. The standard InChI is InChI=1S/C23H31N3O.2C23H22N2O2.C21H24N4O2.C19H28N4O2/c1-2-3-6-9-26-20-8-5-4-7-19(20)22(25-26)23(27)24-21-17-11-15-10-16(13-17)14-18(21)12-15;2*1-2-3-6-15-25-16-19(18-11-4-5-12-20(18)25)23(26)27-21-13-7-9-17-10-8-14-24-22(17)21;1-13(2)18(20(22)26)23-21(27)19-16-6-4-5-7-17(16)25(24-19)12-15-10-8-14(3)9-11-15;1-5-6-9-12-23-14-11-8-7-10-13(14)15(22-23)18(25)21-16(17(20)24)19(2,3)4/h4-5,7-8,15-18,21H,2-3,6,9-14H2,1H3,(H,24,27);2*4-5,7-14,16H,2-3,6,15H2,1H3;4-11,13,18H,12H2,1-3H3,(H2,22,26)(H,23,27);7-8,10-11,16H,5-6,9,12H2,1-4H3,(H2,20,24)(H,21,25). The van der Waals surface area contributed by atoms with E-state index in [0.717, 1.165) is 147 Å². The number of pyridine rings is 2. The lowest BCUT2D eigenvalue weighted by Crippen LogP contribution is -2.55. The molecule has 7 aromatic heterocycles. The maximum atomic E-state index is 13.2. The van der Waals surface area contributed by atoms with Crippen LogP contribution in [0.25, 0.3) is 76.3 Å². The van der Waals surface area contributed by atoms with E-state index < -0.39 is 35.2 Å². The Morgan fingerprint density at radius 2 is 0.805 bits per heavy atom. The molecule has 4 aliphatic rings. The molecule has 4 fully saturated rings. The number of ether oxygens (including phenoxy) is 2. The number of carbonyl (C=O) groups is 7. The molecule has 24 heteroatoms. The Morgan fingerprint density at radius 1 is 0.421 bits per heavy atom. The van der Waals surface area contributed by atoms with Gasteiger partial charge in [0.2, 0.25) is 11.8 Å². The summed E-state index contributed by atoms with van der Waals surface area (Å²) in [4.78, 5) is 96.8. The molecule has 7 heterocycles. The number of esters is 2. The number of amides is 5. The fourth-order valence-electron chi connectivity index (χ4n) is 19.2. The number of nitrogens with zero attached hydrogens (tertiary/aromatic N) is 10. The van der Waals surface area contributed by atoms with Gasteiger partial charge >= 0.3 is 11.9 Å². The van der Waals surface area contributed by atoms with E-state index in [0.29, 0.717) is 75.2 Å². The molecule has 0 radical (unpaired) electrons. The molecular formula is C109H127N15O9. The minimum absolute atomic E-state index is 0.0397. The van der Waals surface area contributed by atoms with E-state index in [1.54, 1.807) is 24.5 Å². The van der Waals surface area contributed by atoms with Gasteiger partial charge in [-0.1, -0.05) is 271 Å². The number of fused-ring (bicyclic) bond motifs is 7. The van der Waals surface area contributed by atoms with Crippen LogP contribution in [-0.2, 0) is 42.3 Å². The summed E-state index contributed by atoms with van der Waals surface area (Å²) < 4.78 is 21.5. The number of unbranched alkanes of at least 4 members (excludes halogenated alkanes) is 8. The SMILES string of the molecule is CCCCCn1cc(C(=O)Oc2cccc3cccnc23)c2ccccc21.CCCCCn1cc(C(=O)Oc2cccc3cccnc23)c2ccccc21.CCCCCn1nc(C(=O)NC(C(N)=O)C(C)(C)C)c2ccccc21.CCCCCn1nc(C(=O)NC2C3CC4CC(C3)CC2C4)c2ccccc21.Cc1ccc(Cn2nc(C(=O)NC(C(N)=O)C(C)C)c3ccccc32)cc1. The van der Waals surface area contributed by atoms with Crippen molar-refractivity contribution in [1.82, 2.24) is 64.4 Å². The van der Waals surface area contributed by atoms with E-state index in [2.05, 4.69) is 103 Å². The molecule has 2 atom stereocenters. The molecule has 0 spiro atoms. The molecule has 692 valence electrons. The molecule has 15 aromatic rings. The minimum Gasteiger partial charge on any atom is -0.421 e. The van der Waals surface area contributed by atoms with E-state index in [9.17, 15) is 33.6 Å². The fourth-order valence-corrected chi connectivity index (χ4v) is 19.2. The number of benzene rings is 8. The predicted molar refractivity (Wildman–Crippen MR) is 528 cm³/mol. The Morgan fingerprint density at radius 3 is 1.22 bits per heavy atom. The van der Waals surface area contributed by atoms with Crippen LogP contribution >= 0.6 is 0 Å². The number of hydrogen-bond donors (Lipinski definition) is 5. The molecule has 7 N–H and O–H groups in total. The maximum Gasteiger partial charge on any atom is 0.345 e. The molecule has 5 amide bonds. The van der Waals surface area contributed by atoms with Crippen molar-refractivity contribution >= 4 is 118 Å². The number of para-hydroxylation sites is 7. The highest BCUT2D eigenvalue weighted by molar-refractivity contribution is 6.10.